The van der Waals surface area contributed by atoms with Crippen molar-refractivity contribution in [1.29, 1.82) is 0 Å². The van der Waals surface area contributed by atoms with E-state index in [0.29, 0.717) is 12.2 Å². The van der Waals surface area contributed by atoms with Crippen molar-refractivity contribution in [2.75, 3.05) is 30.3 Å². The highest BCUT2D eigenvalue weighted by Crippen LogP contribution is 2.16. The van der Waals surface area contributed by atoms with Gasteiger partial charge in [0.25, 0.3) is 16.0 Å². The van der Waals surface area contributed by atoms with Gasteiger partial charge in [-0.15, -0.1) is 11.6 Å². The fourth-order valence-corrected chi connectivity index (χ4v) is 2.64. The maximum absolute atomic E-state index is 12.2. The largest absolute Gasteiger partial charge is 0.481 e. The van der Waals surface area contributed by atoms with Crippen LogP contribution in [0, 0.1) is 0 Å². The highest BCUT2D eigenvalue weighted by atomic mass is 35.5. The number of hydrogen-bond donors (Lipinski definition) is 3. The maximum atomic E-state index is 12.2. The summed E-state index contributed by atoms with van der Waals surface area (Å²) < 4.78 is 27.0. The van der Waals surface area contributed by atoms with Crippen molar-refractivity contribution < 1.29 is 37.2 Å². The molecule has 0 unspecified atom stereocenters. The minimum Gasteiger partial charge on any atom is -0.481 e. The van der Waals surface area contributed by atoms with Crippen molar-refractivity contribution in [3.63, 3.8) is 0 Å². The number of benzene rings is 1. The van der Waals surface area contributed by atoms with E-state index < -0.39 is 40.4 Å². The molecule has 1 atom stereocenters. The first-order chi connectivity index (χ1) is 13.0. The molecule has 10 nitrogen and oxygen atoms in total. The van der Waals surface area contributed by atoms with Gasteiger partial charge in [0.15, 0.2) is 0 Å². The molecule has 0 heterocycles. The first kappa shape index (κ1) is 23.7. The standard InChI is InChI=1S/C16H21ClN2O8S/c1-28(25,26)27-10-19(9-8-17)12-4-2-11(3-5-12)15(22)18-13(16(23)24)6-7-14(20)21/h2-5,13H,6-10H2,1H3,(H,18,22)(H,20,21)(H,23,24)/t13-/m0/s1. The Bertz CT molecular complexity index is 797. The SMILES string of the molecule is CS(=O)(=O)OCN(CCCl)c1ccc(C(=O)N[C@@H](CCC(=O)O)C(=O)O)cc1. The average molecular weight is 437 g/mol. The van der Waals surface area contributed by atoms with Gasteiger partial charge in [-0.05, 0) is 30.7 Å². The number of carbonyl (C=O) groups is 3. The van der Waals surface area contributed by atoms with Crippen LogP contribution < -0.4 is 10.2 Å². The molecule has 12 heteroatoms. The van der Waals surface area contributed by atoms with Crippen LogP contribution in [-0.4, -0.2) is 67.9 Å². The van der Waals surface area contributed by atoms with E-state index in [0.717, 1.165) is 6.26 Å². The number of rotatable bonds is 12. The molecule has 0 fully saturated rings. The van der Waals surface area contributed by atoms with E-state index in [1.807, 2.05) is 0 Å². The zero-order valence-corrected chi connectivity index (χ0v) is 16.6. The molecule has 156 valence electrons. The Morgan fingerprint density at radius 2 is 1.82 bits per heavy atom. The molecule has 1 aromatic carbocycles. The van der Waals surface area contributed by atoms with Crippen molar-refractivity contribution in [1.82, 2.24) is 5.32 Å². The number of carboxylic acids is 2. The lowest BCUT2D eigenvalue weighted by Gasteiger charge is -2.23. The summed E-state index contributed by atoms with van der Waals surface area (Å²) in [4.78, 5) is 35.5. The molecule has 3 N–H and O–H groups in total. The molecule has 0 aliphatic carbocycles. The second kappa shape index (κ2) is 10.8. The molecule has 0 saturated heterocycles. The number of carbonyl (C=O) groups excluding carboxylic acids is 1. The van der Waals surface area contributed by atoms with E-state index in [-0.39, 0.29) is 24.6 Å². The summed E-state index contributed by atoms with van der Waals surface area (Å²) in [5, 5.41) is 20.0. The molecule has 0 bridgehead atoms. The van der Waals surface area contributed by atoms with Crippen molar-refractivity contribution >= 4 is 45.3 Å². The molecule has 0 aliphatic rings. The van der Waals surface area contributed by atoms with Gasteiger partial charge < -0.3 is 20.4 Å². The number of anilines is 1. The predicted molar refractivity (Wildman–Crippen MR) is 101 cm³/mol. The lowest BCUT2D eigenvalue weighted by Crippen LogP contribution is -2.41. The number of nitrogens with zero attached hydrogens (tertiary/aromatic N) is 1. The topological polar surface area (TPSA) is 150 Å². The quantitative estimate of drug-likeness (QED) is 0.244. The molecular weight excluding hydrogens is 416 g/mol. The molecule has 0 saturated carbocycles. The highest BCUT2D eigenvalue weighted by molar-refractivity contribution is 7.85. The minimum absolute atomic E-state index is 0.153. The molecule has 0 spiro atoms. The van der Waals surface area contributed by atoms with Gasteiger partial charge in [0, 0.05) is 30.1 Å². The zero-order chi connectivity index (χ0) is 21.3. The van der Waals surface area contributed by atoms with E-state index in [1.54, 1.807) is 4.90 Å². The van der Waals surface area contributed by atoms with E-state index in [4.69, 9.17) is 26.0 Å². The summed E-state index contributed by atoms with van der Waals surface area (Å²) in [6.07, 6.45) is 0.271. The van der Waals surface area contributed by atoms with Gasteiger partial charge in [-0.2, -0.15) is 8.42 Å². The lowest BCUT2D eigenvalue weighted by atomic mass is 10.1. The molecule has 1 rings (SSSR count). The maximum Gasteiger partial charge on any atom is 0.326 e. The van der Waals surface area contributed by atoms with Gasteiger partial charge in [-0.25, -0.2) is 8.98 Å². The van der Waals surface area contributed by atoms with Gasteiger partial charge >= 0.3 is 11.9 Å². The third kappa shape index (κ3) is 8.55. The smallest absolute Gasteiger partial charge is 0.326 e. The second-order valence-corrected chi connectivity index (χ2v) is 7.77. The van der Waals surface area contributed by atoms with Crippen LogP contribution in [0.5, 0.6) is 0 Å². The van der Waals surface area contributed by atoms with Gasteiger partial charge in [0.2, 0.25) is 0 Å². The van der Waals surface area contributed by atoms with Crippen LogP contribution >= 0.6 is 11.6 Å². The molecule has 0 aromatic heterocycles. The number of aliphatic carboxylic acids is 2. The molecule has 1 aromatic rings. The third-order valence-electron chi connectivity index (χ3n) is 3.52. The first-order valence-corrected chi connectivity index (χ1v) is 10.4. The zero-order valence-electron chi connectivity index (χ0n) is 15.0. The second-order valence-electron chi connectivity index (χ2n) is 5.75. The molecule has 1 amide bonds. The highest BCUT2D eigenvalue weighted by Gasteiger charge is 2.21. The van der Waals surface area contributed by atoms with Crippen molar-refractivity contribution in [2.24, 2.45) is 0 Å². The van der Waals surface area contributed by atoms with Crippen molar-refractivity contribution in [3.05, 3.63) is 29.8 Å². The van der Waals surface area contributed by atoms with Gasteiger partial charge in [0.1, 0.15) is 12.8 Å². The average Bonchev–Trinajstić information content (AvgIpc) is 2.61. The number of hydrogen-bond acceptors (Lipinski definition) is 7. The number of amides is 1. The summed E-state index contributed by atoms with van der Waals surface area (Å²) in [6, 6.07) is 4.56. The number of carboxylic acid groups (broad SMARTS) is 2. The van der Waals surface area contributed by atoms with E-state index in [2.05, 4.69) is 5.32 Å². The van der Waals surface area contributed by atoms with Crippen LogP contribution in [0.2, 0.25) is 0 Å². The number of alkyl halides is 1. The lowest BCUT2D eigenvalue weighted by molar-refractivity contribution is -0.140. The Labute approximate surface area is 167 Å². The summed E-state index contributed by atoms with van der Waals surface area (Å²) >= 11 is 5.71. The van der Waals surface area contributed by atoms with Gasteiger partial charge in [0.05, 0.1) is 6.26 Å². The van der Waals surface area contributed by atoms with E-state index >= 15 is 0 Å². The summed E-state index contributed by atoms with van der Waals surface area (Å²) in [5.74, 6) is -2.97. The van der Waals surface area contributed by atoms with E-state index in [1.165, 1.54) is 24.3 Å². The Kier molecular flexibility index (Phi) is 9.16. The Morgan fingerprint density at radius 3 is 2.29 bits per heavy atom. The third-order valence-corrected chi connectivity index (χ3v) is 4.22. The van der Waals surface area contributed by atoms with Crippen molar-refractivity contribution in [3.8, 4) is 0 Å². The Balaban J connectivity index is 2.83. The first-order valence-electron chi connectivity index (χ1n) is 8.04. The number of nitrogens with one attached hydrogen (secondary N) is 1. The molecular formula is C16H21ClN2O8S. The summed E-state index contributed by atoms with van der Waals surface area (Å²) in [7, 11) is -3.65. The molecule has 0 aliphatic heterocycles. The minimum atomic E-state index is -3.65. The van der Waals surface area contributed by atoms with Crippen LogP contribution in [0.25, 0.3) is 0 Å². The van der Waals surface area contributed by atoms with Crippen LogP contribution in [-0.2, 0) is 23.9 Å². The predicted octanol–water partition coefficient (Wildman–Crippen LogP) is 0.713. The normalized spacial score (nSPS) is 12.2. The fraction of sp³-hybridized carbons (Fsp3) is 0.438. The molecule has 28 heavy (non-hydrogen) atoms. The van der Waals surface area contributed by atoms with Crippen molar-refractivity contribution in [2.45, 2.75) is 18.9 Å². The Hall–Kier alpha value is -2.37. The van der Waals surface area contributed by atoms with Gasteiger partial charge in [-0.3, -0.25) is 9.59 Å². The van der Waals surface area contributed by atoms with Gasteiger partial charge in [-0.1, -0.05) is 0 Å². The monoisotopic (exact) mass is 436 g/mol. The van der Waals surface area contributed by atoms with E-state index in [9.17, 15) is 22.8 Å². The summed E-state index contributed by atoms with van der Waals surface area (Å²) in [5.41, 5.74) is 0.696. The number of halogens is 1. The fourth-order valence-electron chi connectivity index (χ4n) is 2.12. The van der Waals surface area contributed by atoms with Crippen LogP contribution in [0.15, 0.2) is 24.3 Å². The molecule has 0 radical (unpaired) electrons. The van der Waals surface area contributed by atoms with Crippen LogP contribution in [0.4, 0.5) is 5.69 Å². The summed E-state index contributed by atoms with van der Waals surface area (Å²) in [6.45, 7) is 0.0340. The van der Waals surface area contributed by atoms with Crippen LogP contribution in [0.3, 0.4) is 0 Å². The van der Waals surface area contributed by atoms with Crippen LogP contribution in [0.1, 0.15) is 23.2 Å². The Morgan fingerprint density at radius 1 is 1.21 bits per heavy atom.